The van der Waals surface area contributed by atoms with Gasteiger partial charge in [0.05, 0.1) is 22.7 Å². The summed E-state index contributed by atoms with van der Waals surface area (Å²) in [4.78, 5) is 17.2. The first-order chi connectivity index (χ1) is 15.3. The lowest BCUT2D eigenvalue weighted by atomic mass is 10.1. The summed E-state index contributed by atoms with van der Waals surface area (Å²) in [5.74, 6) is -0.0786. The molecule has 10 heteroatoms. The zero-order chi connectivity index (χ0) is 22.7. The number of rotatable bonds is 6. The molecule has 4 aromatic rings. The van der Waals surface area contributed by atoms with Crippen molar-refractivity contribution < 1.29 is 22.7 Å². The predicted octanol–water partition coefficient (Wildman–Crippen LogP) is 5.67. The molecule has 2 heterocycles. The van der Waals surface area contributed by atoms with Crippen molar-refractivity contribution >= 4 is 22.9 Å². The second-order valence-corrected chi connectivity index (χ2v) is 7.57. The summed E-state index contributed by atoms with van der Waals surface area (Å²) >= 11 is 1.31. The Bertz CT molecular complexity index is 1240. The summed E-state index contributed by atoms with van der Waals surface area (Å²) in [6.07, 6.45) is -4.49. The molecule has 0 aliphatic carbocycles. The highest BCUT2D eigenvalue weighted by atomic mass is 32.1. The van der Waals surface area contributed by atoms with E-state index in [2.05, 4.69) is 15.4 Å². The number of hydrogen-bond acceptors (Lipinski definition) is 5. The van der Waals surface area contributed by atoms with E-state index in [1.165, 1.54) is 28.2 Å². The highest BCUT2D eigenvalue weighted by molar-refractivity contribution is 7.12. The van der Waals surface area contributed by atoms with Crippen LogP contribution in [0.2, 0.25) is 0 Å². The molecule has 0 saturated heterocycles. The summed E-state index contributed by atoms with van der Waals surface area (Å²) in [6.45, 7) is 2.05. The van der Waals surface area contributed by atoms with E-state index in [4.69, 9.17) is 4.74 Å². The molecule has 0 radical (unpaired) electrons. The van der Waals surface area contributed by atoms with Crippen LogP contribution in [0.5, 0.6) is 6.01 Å². The number of thiophene rings is 1. The predicted molar refractivity (Wildman–Crippen MR) is 115 cm³/mol. The summed E-state index contributed by atoms with van der Waals surface area (Å²) in [5.41, 5.74) is 0.440. The van der Waals surface area contributed by atoms with Gasteiger partial charge in [-0.3, -0.25) is 4.79 Å². The summed E-state index contributed by atoms with van der Waals surface area (Å²) < 4.78 is 46.4. The Morgan fingerprint density at radius 2 is 1.94 bits per heavy atom. The highest BCUT2D eigenvalue weighted by Gasteiger charge is 2.31. The van der Waals surface area contributed by atoms with Crippen LogP contribution in [0.25, 0.3) is 17.1 Å². The number of aromatic nitrogens is 3. The minimum Gasteiger partial charge on any atom is -0.463 e. The van der Waals surface area contributed by atoms with Gasteiger partial charge in [0.25, 0.3) is 5.91 Å². The van der Waals surface area contributed by atoms with E-state index in [9.17, 15) is 18.0 Å². The molecular weight excluding hydrogens is 441 g/mol. The largest absolute Gasteiger partial charge is 0.463 e. The normalized spacial score (nSPS) is 11.4. The minimum absolute atomic E-state index is 0.0351. The van der Waals surface area contributed by atoms with Crippen molar-refractivity contribution in [2.75, 3.05) is 11.9 Å². The van der Waals surface area contributed by atoms with Gasteiger partial charge in [0, 0.05) is 11.3 Å². The van der Waals surface area contributed by atoms with Crippen LogP contribution in [-0.4, -0.2) is 27.3 Å². The van der Waals surface area contributed by atoms with E-state index in [1.54, 1.807) is 48.7 Å². The number of benzene rings is 2. The van der Waals surface area contributed by atoms with Crippen molar-refractivity contribution in [1.29, 1.82) is 0 Å². The van der Waals surface area contributed by atoms with Crippen LogP contribution in [-0.2, 0) is 6.18 Å². The zero-order valence-corrected chi connectivity index (χ0v) is 17.6. The standard InChI is InChI=1S/C22H17F3N4O2S/c1-2-31-21-27-19(14-6-3-7-15(12-14)22(23,24)25)29(28-21)17-9-4-8-16(13-17)26-20(30)18-10-5-11-32-18/h3-13H,2H2,1H3,(H,26,30). The van der Waals surface area contributed by atoms with Crippen LogP contribution in [0.4, 0.5) is 18.9 Å². The van der Waals surface area contributed by atoms with E-state index in [0.717, 1.165) is 12.1 Å². The molecule has 2 aromatic carbocycles. The Balaban J connectivity index is 1.73. The SMILES string of the molecule is CCOc1nc(-c2cccc(C(F)(F)F)c2)n(-c2cccc(NC(=O)c3cccs3)c2)n1. The third-order valence-electron chi connectivity index (χ3n) is 4.40. The van der Waals surface area contributed by atoms with E-state index in [-0.39, 0.29) is 23.3 Å². The molecule has 0 atom stereocenters. The van der Waals surface area contributed by atoms with Gasteiger partial charge in [-0.25, -0.2) is 4.68 Å². The van der Waals surface area contributed by atoms with Crippen LogP contribution in [0, 0.1) is 0 Å². The Morgan fingerprint density at radius 1 is 1.12 bits per heavy atom. The number of alkyl halides is 3. The van der Waals surface area contributed by atoms with E-state index in [0.29, 0.717) is 22.9 Å². The molecule has 6 nitrogen and oxygen atoms in total. The van der Waals surface area contributed by atoms with E-state index < -0.39 is 11.7 Å². The van der Waals surface area contributed by atoms with Gasteiger partial charge in [-0.05, 0) is 48.7 Å². The minimum atomic E-state index is -4.49. The molecule has 0 saturated carbocycles. The molecule has 0 aliphatic rings. The fourth-order valence-electron chi connectivity index (χ4n) is 3.00. The molecular formula is C22H17F3N4O2S. The van der Waals surface area contributed by atoms with Crippen LogP contribution < -0.4 is 10.1 Å². The van der Waals surface area contributed by atoms with Crippen molar-refractivity contribution in [2.45, 2.75) is 13.1 Å². The van der Waals surface area contributed by atoms with Gasteiger partial charge < -0.3 is 10.1 Å². The topological polar surface area (TPSA) is 69.0 Å². The molecule has 0 bridgehead atoms. The third-order valence-corrected chi connectivity index (χ3v) is 5.27. The van der Waals surface area contributed by atoms with Crippen molar-refractivity contribution in [3.8, 4) is 23.1 Å². The van der Waals surface area contributed by atoms with E-state index in [1.807, 2.05) is 0 Å². The smallest absolute Gasteiger partial charge is 0.416 e. The number of hydrogen-bond donors (Lipinski definition) is 1. The highest BCUT2D eigenvalue weighted by Crippen LogP contribution is 2.33. The lowest BCUT2D eigenvalue weighted by Gasteiger charge is -2.11. The van der Waals surface area contributed by atoms with Gasteiger partial charge in [-0.2, -0.15) is 18.2 Å². The number of carbonyl (C=O) groups excluding carboxylic acids is 1. The lowest BCUT2D eigenvalue weighted by Crippen LogP contribution is -2.10. The Kier molecular flexibility index (Phi) is 5.95. The monoisotopic (exact) mass is 458 g/mol. The molecule has 164 valence electrons. The Hall–Kier alpha value is -3.66. The number of nitrogens with zero attached hydrogens (tertiary/aromatic N) is 3. The first-order valence-electron chi connectivity index (χ1n) is 9.58. The lowest BCUT2D eigenvalue weighted by molar-refractivity contribution is -0.137. The Labute approximate surface area is 185 Å². The fourth-order valence-corrected chi connectivity index (χ4v) is 3.62. The average molecular weight is 458 g/mol. The van der Waals surface area contributed by atoms with Crippen LogP contribution in [0.1, 0.15) is 22.2 Å². The maximum atomic E-state index is 13.2. The molecule has 0 spiro atoms. The maximum Gasteiger partial charge on any atom is 0.416 e. The molecule has 4 rings (SSSR count). The third kappa shape index (κ3) is 4.65. The number of carbonyl (C=O) groups is 1. The summed E-state index contributed by atoms with van der Waals surface area (Å²) in [5, 5.41) is 8.91. The molecule has 32 heavy (non-hydrogen) atoms. The number of anilines is 1. The van der Waals surface area contributed by atoms with Gasteiger partial charge >= 0.3 is 12.2 Å². The molecule has 0 unspecified atom stereocenters. The zero-order valence-electron chi connectivity index (χ0n) is 16.8. The van der Waals surface area contributed by atoms with Gasteiger partial charge in [0.2, 0.25) is 0 Å². The number of ether oxygens (including phenoxy) is 1. The average Bonchev–Trinajstić information content (AvgIpc) is 3.44. The van der Waals surface area contributed by atoms with Gasteiger partial charge in [0.1, 0.15) is 0 Å². The molecule has 0 aliphatic heterocycles. The van der Waals surface area contributed by atoms with Gasteiger partial charge in [-0.1, -0.05) is 24.3 Å². The van der Waals surface area contributed by atoms with Crippen LogP contribution >= 0.6 is 11.3 Å². The first kappa shape index (κ1) is 21.6. The number of nitrogens with one attached hydrogen (secondary N) is 1. The van der Waals surface area contributed by atoms with Crippen LogP contribution in [0.15, 0.2) is 66.0 Å². The van der Waals surface area contributed by atoms with Crippen molar-refractivity contribution in [3.05, 3.63) is 76.5 Å². The molecule has 0 fully saturated rings. The molecule has 2 aromatic heterocycles. The quantitative estimate of drug-likeness (QED) is 0.405. The van der Waals surface area contributed by atoms with E-state index >= 15 is 0 Å². The van der Waals surface area contributed by atoms with Crippen molar-refractivity contribution in [2.24, 2.45) is 0 Å². The first-order valence-corrected chi connectivity index (χ1v) is 10.5. The number of halogens is 3. The summed E-state index contributed by atoms with van der Waals surface area (Å²) in [7, 11) is 0. The molecule has 1 amide bonds. The number of amides is 1. The second kappa shape index (κ2) is 8.83. The van der Waals surface area contributed by atoms with Crippen LogP contribution in [0.3, 0.4) is 0 Å². The second-order valence-electron chi connectivity index (χ2n) is 6.62. The maximum absolute atomic E-state index is 13.2. The fraction of sp³-hybridized carbons (Fsp3) is 0.136. The Morgan fingerprint density at radius 3 is 2.66 bits per heavy atom. The van der Waals surface area contributed by atoms with Crippen molar-refractivity contribution in [3.63, 3.8) is 0 Å². The molecule has 1 N–H and O–H groups in total. The van der Waals surface area contributed by atoms with Crippen molar-refractivity contribution in [1.82, 2.24) is 14.8 Å². The summed E-state index contributed by atoms with van der Waals surface area (Å²) in [6, 6.07) is 15.2. The van der Waals surface area contributed by atoms with Gasteiger partial charge in [-0.15, -0.1) is 16.4 Å². The van der Waals surface area contributed by atoms with Gasteiger partial charge in [0.15, 0.2) is 5.82 Å².